The highest BCUT2D eigenvalue weighted by atomic mass is 32.2. The molecule has 7 nitrogen and oxygen atoms in total. The summed E-state index contributed by atoms with van der Waals surface area (Å²) in [6.45, 7) is 2.00. The van der Waals surface area contributed by atoms with Gasteiger partial charge in [-0.2, -0.15) is 5.10 Å². The second-order valence-electron chi connectivity index (χ2n) is 7.50. The minimum atomic E-state index is -4.01. The maximum absolute atomic E-state index is 14.9. The number of halogens is 1. The van der Waals surface area contributed by atoms with Crippen LogP contribution in [0.1, 0.15) is 28.5 Å². The lowest BCUT2D eigenvalue weighted by molar-refractivity contribution is 0.586. The van der Waals surface area contributed by atoms with E-state index in [1.807, 2.05) is 49.4 Å². The van der Waals surface area contributed by atoms with Crippen molar-refractivity contribution >= 4 is 10.0 Å². The van der Waals surface area contributed by atoms with Crippen LogP contribution in [0.15, 0.2) is 71.8 Å². The van der Waals surface area contributed by atoms with Crippen molar-refractivity contribution in [3.05, 3.63) is 101 Å². The molecule has 0 radical (unpaired) electrons. The van der Waals surface area contributed by atoms with E-state index in [2.05, 4.69) is 15.1 Å². The number of sulfonamides is 1. The molecule has 0 aliphatic heterocycles. The summed E-state index contributed by atoms with van der Waals surface area (Å²) in [7, 11) is -4.01. The summed E-state index contributed by atoms with van der Waals surface area (Å²) in [4.78, 5) is 8.67. The van der Waals surface area contributed by atoms with Gasteiger partial charge in [-0.05, 0) is 49.2 Å². The van der Waals surface area contributed by atoms with E-state index in [0.29, 0.717) is 30.9 Å². The van der Waals surface area contributed by atoms with Crippen molar-refractivity contribution in [2.45, 2.75) is 31.1 Å². The summed E-state index contributed by atoms with van der Waals surface area (Å²) in [6.07, 6.45) is 3.34. The first-order valence-corrected chi connectivity index (χ1v) is 11.6. The van der Waals surface area contributed by atoms with Gasteiger partial charge in [-0.1, -0.05) is 35.9 Å². The molecule has 0 amide bonds. The van der Waals surface area contributed by atoms with E-state index < -0.39 is 15.8 Å². The standard InChI is InChI=1S/C23H22FN5O2S/c1-16-5-4-6-17(13-16)14-23-27-22(11-8-18-7-2-3-12-26-18)28-29(23)21-10-9-19(15-20(21)24)32(25,30)31/h2-7,9-10,12-13,15H,8,11,14H2,1H3,(H2,25,30,31). The average molecular weight is 452 g/mol. The molecule has 2 aromatic carbocycles. The molecule has 0 saturated carbocycles. The largest absolute Gasteiger partial charge is 0.261 e. The van der Waals surface area contributed by atoms with Crippen LogP contribution in [0.3, 0.4) is 0 Å². The molecule has 9 heteroatoms. The van der Waals surface area contributed by atoms with Crippen molar-refractivity contribution in [1.29, 1.82) is 0 Å². The molecule has 0 unspecified atom stereocenters. The molecule has 0 saturated heterocycles. The molecular weight excluding hydrogens is 429 g/mol. The lowest BCUT2D eigenvalue weighted by Crippen LogP contribution is -2.13. The first kappa shape index (κ1) is 21.8. The van der Waals surface area contributed by atoms with Crippen LogP contribution in [0.25, 0.3) is 5.69 Å². The fourth-order valence-corrected chi connectivity index (χ4v) is 3.96. The maximum atomic E-state index is 14.9. The number of nitrogens with two attached hydrogens (primary N) is 1. The minimum Gasteiger partial charge on any atom is -0.261 e. The van der Waals surface area contributed by atoms with Gasteiger partial charge >= 0.3 is 0 Å². The summed E-state index contributed by atoms with van der Waals surface area (Å²) in [5.41, 5.74) is 3.13. The average Bonchev–Trinajstić information content (AvgIpc) is 3.14. The van der Waals surface area contributed by atoms with E-state index in [9.17, 15) is 12.8 Å². The highest BCUT2D eigenvalue weighted by molar-refractivity contribution is 7.89. The van der Waals surface area contributed by atoms with Gasteiger partial charge in [-0.15, -0.1) is 0 Å². The Hall–Kier alpha value is -3.43. The summed E-state index contributed by atoms with van der Waals surface area (Å²) in [6, 6.07) is 17.2. The topological polar surface area (TPSA) is 104 Å². The lowest BCUT2D eigenvalue weighted by atomic mass is 10.1. The van der Waals surface area contributed by atoms with Gasteiger partial charge in [0.1, 0.15) is 17.3 Å². The van der Waals surface area contributed by atoms with Crippen molar-refractivity contribution in [3.8, 4) is 5.69 Å². The molecule has 2 heterocycles. The molecule has 0 fully saturated rings. The van der Waals surface area contributed by atoms with Crippen molar-refractivity contribution in [1.82, 2.24) is 19.7 Å². The summed E-state index contributed by atoms with van der Waals surface area (Å²) < 4.78 is 39.5. The Morgan fingerprint density at radius 2 is 1.88 bits per heavy atom. The lowest BCUT2D eigenvalue weighted by Gasteiger charge is -2.09. The van der Waals surface area contributed by atoms with Gasteiger partial charge in [0.15, 0.2) is 5.82 Å². The van der Waals surface area contributed by atoms with Crippen LogP contribution in [0.5, 0.6) is 0 Å². The van der Waals surface area contributed by atoms with Crippen molar-refractivity contribution in [3.63, 3.8) is 0 Å². The third-order valence-corrected chi connectivity index (χ3v) is 5.88. The molecule has 2 aromatic heterocycles. The van der Waals surface area contributed by atoms with Gasteiger partial charge in [-0.25, -0.2) is 27.6 Å². The Morgan fingerprint density at radius 3 is 2.56 bits per heavy atom. The van der Waals surface area contributed by atoms with E-state index in [1.54, 1.807) is 6.20 Å². The van der Waals surface area contributed by atoms with Crippen LogP contribution in [0, 0.1) is 12.7 Å². The number of hydrogen-bond donors (Lipinski definition) is 1. The monoisotopic (exact) mass is 451 g/mol. The van der Waals surface area contributed by atoms with Gasteiger partial charge in [0.2, 0.25) is 10.0 Å². The fourth-order valence-electron chi connectivity index (χ4n) is 3.43. The Labute approximate surface area is 185 Å². The quantitative estimate of drug-likeness (QED) is 0.465. The molecular formula is C23H22FN5O2S. The van der Waals surface area contributed by atoms with Gasteiger partial charge < -0.3 is 0 Å². The SMILES string of the molecule is Cc1cccc(Cc2nc(CCc3ccccn3)nn2-c2ccc(S(N)(=O)=O)cc2F)c1. The van der Waals surface area contributed by atoms with Crippen LogP contribution >= 0.6 is 0 Å². The van der Waals surface area contributed by atoms with Crippen LogP contribution < -0.4 is 5.14 Å². The van der Waals surface area contributed by atoms with Gasteiger partial charge in [0.05, 0.1) is 4.90 Å². The van der Waals surface area contributed by atoms with Crippen LogP contribution in [0.4, 0.5) is 4.39 Å². The number of pyridine rings is 1. The van der Waals surface area contributed by atoms with E-state index in [4.69, 9.17) is 5.14 Å². The smallest absolute Gasteiger partial charge is 0.238 e. The molecule has 0 bridgehead atoms. The zero-order chi connectivity index (χ0) is 22.7. The van der Waals surface area contributed by atoms with Gasteiger partial charge in [0.25, 0.3) is 0 Å². The van der Waals surface area contributed by atoms with Gasteiger partial charge in [-0.3, -0.25) is 4.98 Å². The molecule has 0 aliphatic rings. The zero-order valence-electron chi connectivity index (χ0n) is 17.4. The Morgan fingerprint density at radius 1 is 1.03 bits per heavy atom. The zero-order valence-corrected chi connectivity index (χ0v) is 18.3. The molecule has 0 spiro atoms. The number of hydrogen-bond acceptors (Lipinski definition) is 5. The van der Waals surface area contributed by atoms with E-state index in [-0.39, 0.29) is 10.6 Å². The van der Waals surface area contributed by atoms with Crippen LogP contribution in [-0.4, -0.2) is 28.2 Å². The molecule has 4 rings (SSSR count). The minimum absolute atomic E-state index is 0.108. The van der Waals surface area contributed by atoms with Crippen LogP contribution in [-0.2, 0) is 29.3 Å². The number of aromatic nitrogens is 4. The van der Waals surface area contributed by atoms with E-state index in [0.717, 1.165) is 22.9 Å². The van der Waals surface area contributed by atoms with Crippen molar-refractivity contribution < 1.29 is 12.8 Å². The first-order valence-electron chi connectivity index (χ1n) is 10.0. The number of primary sulfonamides is 1. The van der Waals surface area contributed by atoms with E-state index >= 15 is 0 Å². The number of rotatable bonds is 7. The van der Waals surface area contributed by atoms with Crippen LogP contribution in [0.2, 0.25) is 0 Å². The Kier molecular flexibility index (Phi) is 6.11. The van der Waals surface area contributed by atoms with Crippen molar-refractivity contribution in [2.24, 2.45) is 5.14 Å². The molecule has 0 aliphatic carbocycles. The highest BCUT2D eigenvalue weighted by Crippen LogP contribution is 2.21. The summed E-state index contributed by atoms with van der Waals surface area (Å²) in [5.74, 6) is 0.352. The predicted octanol–water partition coefficient (Wildman–Crippen LogP) is 3.13. The number of nitrogens with zero attached hydrogens (tertiary/aromatic N) is 4. The summed E-state index contributed by atoms with van der Waals surface area (Å²) >= 11 is 0. The molecule has 2 N–H and O–H groups in total. The molecule has 4 aromatic rings. The number of aryl methyl sites for hydroxylation is 3. The summed E-state index contributed by atoms with van der Waals surface area (Å²) in [5, 5.41) is 9.65. The molecule has 164 valence electrons. The second kappa shape index (κ2) is 8.97. The third-order valence-electron chi connectivity index (χ3n) is 4.97. The van der Waals surface area contributed by atoms with E-state index in [1.165, 1.54) is 16.8 Å². The first-order chi connectivity index (χ1) is 15.3. The normalized spacial score (nSPS) is 11.6. The second-order valence-corrected chi connectivity index (χ2v) is 9.06. The molecule has 32 heavy (non-hydrogen) atoms. The maximum Gasteiger partial charge on any atom is 0.238 e. The Bertz CT molecular complexity index is 1350. The highest BCUT2D eigenvalue weighted by Gasteiger charge is 2.18. The molecule has 0 atom stereocenters. The third kappa shape index (κ3) is 5.06. The van der Waals surface area contributed by atoms with Crippen molar-refractivity contribution in [2.75, 3.05) is 0 Å². The Balaban J connectivity index is 1.71. The fraction of sp³-hybridized carbons (Fsp3) is 0.174. The predicted molar refractivity (Wildman–Crippen MR) is 118 cm³/mol. The number of benzene rings is 2. The van der Waals surface area contributed by atoms with Gasteiger partial charge in [0, 0.05) is 24.7 Å².